The molecule has 28 heavy (non-hydrogen) atoms. The Morgan fingerprint density at radius 1 is 1.32 bits per heavy atom. The van der Waals surface area contributed by atoms with E-state index in [1.165, 1.54) is 0 Å². The molecule has 2 N–H and O–H groups in total. The smallest absolute Gasteiger partial charge is 0.250 e. The normalized spacial score (nSPS) is 28.3. The molecule has 2 aromatic rings. The molecule has 1 spiro atoms. The van der Waals surface area contributed by atoms with Crippen molar-refractivity contribution in [1.82, 2.24) is 4.90 Å². The van der Waals surface area contributed by atoms with Crippen LogP contribution in [0.25, 0.3) is 0 Å². The second-order valence-corrected chi connectivity index (χ2v) is 9.06. The lowest BCUT2D eigenvalue weighted by Gasteiger charge is -2.36. The molecule has 2 fully saturated rings. The first-order valence-corrected chi connectivity index (χ1v) is 10.9. The topological polar surface area (TPSA) is 61.4 Å². The van der Waals surface area contributed by atoms with Gasteiger partial charge in [0.2, 0.25) is 11.8 Å². The van der Waals surface area contributed by atoms with Gasteiger partial charge in [0.15, 0.2) is 0 Å². The summed E-state index contributed by atoms with van der Waals surface area (Å²) in [4.78, 5) is 29.0. The molecule has 0 aliphatic carbocycles. The van der Waals surface area contributed by atoms with Gasteiger partial charge >= 0.3 is 0 Å². The van der Waals surface area contributed by atoms with Crippen LogP contribution >= 0.6 is 23.4 Å². The number of nitrogens with zero attached hydrogens (tertiary/aromatic N) is 1. The summed E-state index contributed by atoms with van der Waals surface area (Å²) in [6.45, 7) is 1.93. The summed E-state index contributed by atoms with van der Waals surface area (Å²) >= 11 is 7.94. The monoisotopic (exact) mass is 413 g/mol. The van der Waals surface area contributed by atoms with Crippen LogP contribution in [-0.4, -0.2) is 34.4 Å². The molecule has 2 amide bonds. The Balaban J connectivity index is 1.58. The van der Waals surface area contributed by atoms with Gasteiger partial charge < -0.3 is 10.6 Å². The zero-order valence-electron chi connectivity index (χ0n) is 15.4. The number of carbonyl (C=O) groups excluding carboxylic acids is 2. The molecule has 0 radical (unpaired) electrons. The highest BCUT2D eigenvalue weighted by molar-refractivity contribution is 7.99. The summed E-state index contributed by atoms with van der Waals surface area (Å²) < 4.78 is 0. The molecule has 0 aromatic heterocycles. The van der Waals surface area contributed by atoms with E-state index in [1.807, 2.05) is 49.0 Å². The van der Waals surface area contributed by atoms with Crippen molar-refractivity contribution in [3.8, 4) is 0 Å². The van der Waals surface area contributed by atoms with E-state index in [2.05, 4.69) is 15.5 Å². The molecule has 2 aromatic carbocycles. The molecule has 3 aliphatic rings. The van der Waals surface area contributed by atoms with Crippen molar-refractivity contribution < 1.29 is 9.59 Å². The molecular weight excluding hydrogens is 394 g/mol. The summed E-state index contributed by atoms with van der Waals surface area (Å²) in [6, 6.07) is 13.4. The number of aryl methyl sites for hydroxylation is 1. The fraction of sp³-hybridized carbons (Fsp3) is 0.333. The number of nitrogens with one attached hydrogen (secondary N) is 2. The molecule has 144 valence electrons. The standard InChI is InChI=1S/C21H20ClN3O2S/c1-12-6-7-13(22)8-18(12)23-19(26)16-9-14-10-28-11-25(14)21(16)15-4-2-3-5-17(15)24-20(21)27/h2-8,14,16H,9-11H2,1H3,(H,23,26)(H,24,27)/t14-,16+,21-/m1/s1. The van der Waals surface area contributed by atoms with Crippen LogP contribution in [0.1, 0.15) is 17.5 Å². The molecule has 7 heteroatoms. The summed E-state index contributed by atoms with van der Waals surface area (Å²) in [6.07, 6.45) is 0.667. The van der Waals surface area contributed by atoms with E-state index < -0.39 is 11.5 Å². The minimum atomic E-state index is -0.943. The number of hydrogen-bond donors (Lipinski definition) is 2. The van der Waals surface area contributed by atoms with Crippen LogP contribution in [0.3, 0.4) is 0 Å². The van der Waals surface area contributed by atoms with Gasteiger partial charge in [-0.1, -0.05) is 35.9 Å². The van der Waals surface area contributed by atoms with Crippen molar-refractivity contribution in [3.05, 3.63) is 58.6 Å². The van der Waals surface area contributed by atoms with Crippen LogP contribution in [0.15, 0.2) is 42.5 Å². The lowest BCUT2D eigenvalue weighted by atomic mass is 9.79. The highest BCUT2D eigenvalue weighted by Gasteiger charge is 2.65. The van der Waals surface area contributed by atoms with Gasteiger partial charge in [-0.25, -0.2) is 0 Å². The van der Waals surface area contributed by atoms with Gasteiger partial charge in [0.1, 0.15) is 5.54 Å². The molecule has 5 nitrogen and oxygen atoms in total. The summed E-state index contributed by atoms with van der Waals surface area (Å²) in [5, 5.41) is 6.64. The van der Waals surface area contributed by atoms with Crippen LogP contribution in [0.4, 0.5) is 11.4 Å². The van der Waals surface area contributed by atoms with E-state index in [-0.39, 0.29) is 17.9 Å². The summed E-state index contributed by atoms with van der Waals surface area (Å²) in [7, 11) is 0. The van der Waals surface area contributed by atoms with Gasteiger partial charge in [0, 0.05) is 39.6 Å². The first-order valence-electron chi connectivity index (χ1n) is 9.34. The molecule has 3 atom stereocenters. The van der Waals surface area contributed by atoms with Crippen molar-refractivity contribution in [2.45, 2.75) is 24.9 Å². The molecule has 3 aliphatic heterocycles. The van der Waals surface area contributed by atoms with Crippen LogP contribution in [0, 0.1) is 12.8 Å². The van der Waals surface area contributed by atoms with Crippen LogP contribution in [0.2, 0.25) is 5.02 Å². The van der Waals surface area contributed by atoms with Crippen LogP contribution in [-0.2, 0) is 15.1 Å². The number of anilines is 2. The molecule has 5 rings (SSSR count). The number of thioether (sulfide) groups is 1. The Morgan fingerprint density at radius 2 is 2.14 bits per heavy atom. The average molecular weight is 414 g/mol. The van der Waals surface area contributed by atoms with Crippen LogP contribution in [0.5, 0.6) is 0 Å². The third-order valence-electron chi connectivity index (χ3n) is 6.15. The molecule has 0 saturated carbocycles. The Labute approximate surface area is 172 Å². The minimum Gasteiger partial charge on any atom is -0.325 e. The van der Waals surface area contributed by atoms with E-state index >= 15 is 0 Å². The maximum absolute atomic E-state index is 13.5. The van der Waals surface area contributed by atoms with Gasteiger partial charge in [0.05, 0.1) is 5.92 Å². The van der Waals surface area contributed by atoms with Gasteiger partial charge in [-0.2, -0.15) is 0 Å². The first-order chi connectivity index (χ1) is 13.5. The van der Waals surface area contributed by atoms with Crippen molar-refractivity contribution in [2.24, 2.45) is 5.92 Å². The van der Waals surface area contributed by atoms with Gasteiger partial charge in [0.25, 0.3) is 0 Å². The largest absolute Gasteiger partial charge is 0.325 e. The summed E-state index contributed by atoms with van der Waals surface area (Å²) in [5.74, 6) is 1.02. The lowest BCUT2D eigenvalue weighted by molar-refractivity contribution is -0.134. The van der Waals surface area contributed by atoms with Gasteiger partial charge in [-0.3, -0.25) is 14.5 Å². The molecule has 2 saturated heterocycles. The quantitative estimate of drug-likeness (QED) is 0.785. The Kier molecular flexibility index (Phi) is 4.19. The minimum absolute atomic E-state index is 0.0957. The Hall–Kier alpha value is -2.02. The number of halogens is 1. The van der Waals surface area contributed by atoms with Crippen molar-refractivity contribution in [2.75, 3.05) is 22.3 Å². The van der Waals surface area contributed by atoms with E-state index in [4.69, 9.17) is 11.6 Å². The maximum atomic E-state index is 13.5. The molecule has 0 unspecified atom stereocenters. The first kappa shape index (κ1) is 18.0. The predicted molar refractivity (Wildman–Crippen MR) is 113 cm³/mol. The number of amides is 2. The fourth-order valence-electron chi connectivity index (χ4n) is 4.85. The fourth-order valence-corrected chi connectivity index (χ4v) is 6.33. The zero-order chi connectivity index (χ0) is 19.5. The maximum Gasteiger partial charge on any atom is 0.250 e. The number of fused-ring (bicyclic) bond motifs is 4. The molecule has 0 bridgehead atoms. The lowest BCUT2D eigenvalue weighted by Crippen LogP contribution is -2.53. The number of hydrogen-bond acceptors (Lipinski definition) is 4. The second-order valence-electron chi connectivity index (χ2n) is 7.63. The number of benzene rings is 2. The van der Waals surface area contributed by atoms with Gasteiger partial charge in [-0.05, 0) is 37.1 Å². The van der Waals surface area contributed by atoms with E-state index in [0.29, 0.717) is 17.1 Å². The number of carbonyl (C=O) groups is 2. The molecule has 3 heterocycles. The highest BCUT2D eigenvalue weighted by Crippen LogP contribution is 2.55. The van der Waals surface area contributed by atoms with Gasteiger partial charge in [-0.15, -0.1) is 11.8 Å². The average Bonchev–Trinajstić information content (AvgIpc) is 3.33. The van der Waals surface area contributed by atoms with E-state index in [1.54, 1.807) is 12.1 Å². The van der Waals surface area contributed by atoms with Crippen molar-refractivity contribution in [1.29, 1.82) is 0 Å². The highest BCUT2D eigenvalue weighted by atomic mass is 35.5. The molecular formula is C21H20ClN3O2S. The van der Waals surface area contributed by atoms with Crippen LogP contribution < -0.4 is 10.6 Å². The Morgan fingerprint density at radius 3 is 3.00 bits per heavy atom. The second kappa shape index (κ2) is 6.51. The zero-order valence-corrected chi connectivity index (χ0v) is 16.9. The van der Waals surface area contributed by atoms with Crippen molar-refractivity contribution >= 4 is 46.6 Å². The van der Waals surface area contributed by atoms with Crippen molar-refractivity contribution in [3.63, 3.8) is 0 Å². The third-order valence-corrected chi connectivity index (χ3v) is 7.47. The number of rotatable bonds is 2. The predicted octanol–water partition coefficient (Wildman–Crippen LogP) is 3.83. The van der Waals surface area contributed by atoms with E-state index in [9.17, 15) is 9.59 Å². The third kappa shape index (κ3) is 2.44. The SMILES string of the molecule is Cc1ccc(Cl)cc1NC(=O)[C@@H]1C[C@@H]2CSCN2[C@@]12C(=O)Nc1ccccc12. The van der Waals surface area contributed by atoms with E-state index in [0.717, 1.165) is 28.4 Å². The Bertz CT molecular complexity index is 997. The summed E-state index contributed by atoms with van der Waals surface area (Å²) in [5.41, 5.74) is 2.41. The number of para-hydroxylation sites is 1.